The monoisotopic (exact) mass is 226 g/mol. The second kappa shape index (κ2) is 7.29. The molecule has 1 unspecified atom stereocenters. The van der Waals surface area contributed by atoms with Crippen molar-refractivity contribution in [3.63, 3.8) is 0 Å². The normalized spacial score (nSPS) is 28.1. The molecule has 1 saturated heterocycles. The lowest BCUT2D eigenvalue weighted by Gasteiger charge is -2.24. The van der Waals surface area contributed by atoms with Crippen molar-refractivity contribution in [2.75, 3.05) is 19.8 Å². The van der Waals surface area contributed by atoms with E-state index in [0.717, 1.165) is 25.7 Å². The Balaban J connectivity index is 1.47. The molecule has 1 aliphatic carbocycles. The van der Waals surface area contributed by atoms with Gasteiger partial charge >= 0.3 is 0 Å². The van der Waals surface area contributed by atoms with Crippen molar-refractivity contribution in [2.45, 2.75) is 63.9 Å². The summed E-state index contributed by atoms with van der Waals surface area (Å²) in [7, 11) is 0. The molecule has 2 fully saturated rings. The van der Waals surface area contributed by atoms with E-state index in [1.165, 1.54) is 57.8 Å². The first-order chi connectivity index (χ1) is 7.95. The van der Waals surface area contributed by atoms with Crippen LogP contribution in [0.25, 0.3) is 0 Å². The largest absolute Gasteiger partial charge is 0.376 e. The van der Waals surface area contributed by atoms with Gasteiger partial charge in [0.1, 0.15) is 0 Å². The molecule has 1 aliphatic heterocycles. The van der Waals surface area contributed by atoms with Gasteiger partial charge in [-0.15, -0.1) is 0 Å². The number of hydrogen-bond donors (Lipinski definition) is 0. The maximum atomic E-state index is 5.64. The van der Waals surface area contributed by atoms with E-state index in [-0.39, 0.29) is 0 Å². The average Bonchev–Trinajstić information content (AvgIpc) is 2.37. The Morgan fingerprint density at radius 2 is 1.69 bits per heavy atom. The zero-order valence-corrected chi connectivity index (χ0v) is 10.5. The first-order valence-corrected chi connectivity index (χ1v) is 7.14. The van der Waals surface area contributed by atoms with E-state index in [2.05, 4.69) is 0 Å². The van der Waals surface area contributed by atoms with Crippen LogP contribution in [0.4, 0.5) is 0 Å². The van der Waals surface area contributed by atoms with E-state index < -0.39 is 0 Å². The number of unbranched alkanes of at least 4 members (excludes halogenated alkanes) is 1. The van der Waals surface area contributed by atoms with E-state index in [1.807, 2.05) is 0 Å². The highest BCUT2D eigenvalue weighted by Gasteiger charge is 2.15. The van der Waals surface area contributed by atoms with Crippen LogP contribution in [0.2, 0.25) is 0 Å². The van der Waals surface area contributed by atoms with Gasteiger partial charge in [-0.05, 0) is 12.3 Å². The lowest BCUT2D eigenvalue weighted by molar-refractivity contribution is -0.0913. The lowest BCUT2D eigenvalue weighted by atomic mass is 9.85. The number of rotatable bonds is 5. The van der Waals surface area contributed by atoms with Gasteiger partial charge in [-0.3, -0.25) is 0 Å². The first-order valence-electron chi connectivity index (χ1n) is 7.14. The summed E-state index contributed by atoms with van der Waals surface area (Å²) in [6, 6.07) is 0. The van der Waals surface area contributed by atoms with E-state index in [1.54, 1.807) is 0 Å². The molecule has 0 aromatic rings. The van der Waals surface area contributed by atoms with E-state index >= 15 is 0 Å². The molecule has 0 N–H and O–H groups in total. The van der Waals surface area contributed by atoms with Crippen LogP contribution < -0.4 is 0 Å². The fraction of sp³-hybridized carbons (Fsp3) is 1.00. The number of hydrogen-bond acceptors (Lipinski definition) is 2. The van der Waals surface area contributed by atoms with Crippen LogP contribution in [0.5, 0.6) is 0 Å². The summed E-state index contributed by atoms with van der Waals surface area (Å²) in [6.07, 6.45) is 13.2. The predicted molar refractivity (Wildman–Crippen MR) is 65.6 cm³/mol. The highest BCUT2D eigenvalue weighted by atomic mass is 16.6. The Labute approximate surface area is 99.7 Å². The molecule has 2 nitrogen and oxygen atoms in total. The van der Waals surface area contributed by atoms with Crippen LogP contribution in [-0.2, 0) is 9.47 Å². The zero-order chi connectivity index (χ0) is 11.1. The molecule has 2 aliphatic rings. The second-order valence-electron chi connectivity index (χ2n) is 5.36. The van der Waals surface area contributed by atoms with Crippen molar-refractivity contribution in [3.05, 3.63) is 0 Å². The molecule has 2 heteroatoms. The Hall–Kier alpha value is -0.0800. The first kappa shape index (κ1) is 12.4. The topological polar surface area (TPSA) is 18.5 Å². The van der Waals surface area contributed by atoms with Gasteiger partial charge in [-0.1, -0.05) is 51.4 Å². The predicted octanol–water partition coefficient (Wildman–Crippen LogP) is 3.54. The van der Waals surface area contributed by atoms with Gasteiger partial charge in [0.05, 0.1) is 25.9 Å². The second-order valence-corrected chi connectivity index (χ2v) is 5.36. The average molecular weight is 226 g/mol. The SMILES string of the molecule is C1CCC(CCCCC2COCCO2)CC1. The Morgan fingerprint density at radius 1 is 0.875 bits per heavy atom. The van der Waals surface area contributed by atoms with Crippen molar-refractivity contribution in [2.24, 2.45) is 5.92 Å². The number of ether oxygens (including phenoxy) is 2. The quantitative estimate of drug-likeness (QED) is 0.668. The summed E-state index contributed by atoms with van der Waals surface area (Å²) in [5.41, 5.74) is 0. The van der Waals surface area contributed by atoms with Crippen LogP contribution >= 0.6 is 0 Å². The van der Waals surface area contributed by atoms with Gasteiger partial charge in [0, 0.05) is 0 Å². The highest BCUT2D eigenvalue weighted by Crippen LogP contribution is 2.28. The summed E-state index contributed by atoms with van der Waals surface area (Å²) in [4.78, 5) is 0. The highest BCUT2D eigenvalue weighted by molar-refractivity contribution is 4.67. The van der Waals surface area contributed by atoms with E-state index in [4.69, 9.17) is 9.47 Å². The molecule has 0 amide bonds. The standard InChI is InChI=1S/C14H26O2/c1-2-6-13(7-3-1)8-4-5-9-14-12-15-10-11-16-14/h13-14H,1-12H2. The summed E-state index contributed by atoms with van der Waals surface area (Å²) in [5, 5.41) is 0. The van der Waals surface area contributed by atoms with Gasteiger partial charge in [-0.2, -0.15) is 0 Å². The molecule has 0 bridgehead atoms. The minimum absolute atomic E-state index is 0.389. The molecule has 1 atom stereocenters. The van der Waals surface area contributed by atoms with Gasteiger partial charge in [0.2, 0.25) is 0 Å². The van der Waals surface area contributed by atoms with Crippen LogP contribution in [0, 0.1) is 5.92 Å². The van der Waals surface area contributed by atoms with Crippen LogP contribution in [0.1, 0.15) is 57.8 Å². The summed E-state index contributed by atoms with van der Waals surface area (Å²) < 4.78 is 11.0. The molecular weight excluding hydrogens is 200 g/mol. The smallest absolute Gasteiger partial charge is 0.0809 e. The Kier molecular flexibility index (Phi) is 5.64. The molecule has 2 rings (SSSR count). The summed E-state index contributed by atoms with van der Waals surface area (Å²) >= 11 is 0. The van der Waals surface area contributed by atoms with Gasteiger partial charge in [-0.25, -0.2) is 0 Å². The molecule has 0 aromatic carbocycles. The minimum atomic E-state index is 0.389. The molecule has 0 radical (unpaired) electrons. The van der Waals surface area contributed by atoms with E-state index in [0.29, 0.717) is 6.10 Å². The van der Waals surface area contributed by atoms with Crippen molar-refractivity contribution < 1.29 is 9.47 Å². The summed E-state index contributed by atoms with van der Waals surface area (Å²) in [6.45, 7) is 2.41. The van der Waals surface area contributed by atoms with E-state index in [9.17, 15) is 0 Å². The van der Waals surface area contributed by atoms with Gasteiger partial charge in [0.25, 0.3) is 0 Å². The molecule has 0 spiro atoms. The molecule has 16 heavy (non-hydrogen) atoms. The third-order valence-electron chi connectivity index (χ3n) is 4.00. The van der Waals surface area contributed by atoms with Crippen LogP contribution in [0.3, 0.4) is 0 Å². The molecule has 1 saturated carbocycles. The maximum Gasteiger partial charge on any atom is 0.0809 e. The fourth-order valence-corrected chi connectivity index (χ4v) is 2.98. The van der Waals surface area contributed by atoms with Crippen LogP contribution in [0.15, 0.2) is 0 Å². The maximum absolute atomic E-state index is 5.64. The van der Waals surface area contributed by atoms with Gasteiger partial charge in [0.15, 0.2) is 0 Å². The molecule has 0 aromatic heterocycles. The third kappa shape index (κ3) is 4.42. The van der Waals surface area contributed by atoms with Crippen molar-refractivity contribution in [1.29, 1.82) is 0 Å². The molecule has 1 heterocycles. The van der Waals surface area contributed by atoms with Gasteiger partial charge < -0.3 is 9.47 Å². The Bertz CT molecular complexity index is 150. The van der Waals surface area contributed by atoms with Crippen LogP contribution in [-0.4, -0.2) is 25.9 Å². The van der Waals surface area contributed by atoms with Crippen molar-refractivity contribution in [1.82, 2.24) is 0 Å². The minimum Gasteiger partial charge on any atom is -0.376 e. The summed E-state index contributed by atoms with van der Waals surface area (Å²) in [5.74, 6) is 1.04. The van der Waals surface area contributed by atoms with Crippen molar-refractivity contribution >= 4 is 0 Å². The molecular formula is C14H26O2. The van der Waals surface area contributed by atoms with Crippen molar-refractivity contribution in [3.8, 4) is 0 Å². The third-order valence-corrected chi connectivity index (χ3v) is 4.00. The molecule has 94 valence electrons. The fourth-order valence-electron chi connectivity index (χ4n) is 2.98. The Morgan fingerprint density at radius 3 is 2.44 bits per heavy atom. The zero-order valence-electron chi connectivity index (χ0n) is 10.5. The lowest BCUT2D eigenvalue weighted by Crippen LogP contribution is -2.28.